The molecule has 0 saturated carbocycles. The zero-order valence-electron chi connectivity index (χ0n) is 12.6. The van der Waals surface area contributed by atoms with Crippen molar-refractivity contribution in [2.75, 3.05) is 6.61 Å². The molecular formula is C17H14Br2O4. The van der Waals surface area contributed by atoms with E-state index < -0.39 is 5.97 Å². The quantitative estimate of drug-likeness (QED) is 0.385. The Morgan fingerprint density at radius 3 is 2.35 bits per heavy atom. The highest BCUT2D eigenvalue weighted by molar-refractivity contribution is 9.10. The Kier molecular flexibility index (Phi) is 5.96. The fourth-order valence-corrected chi connectivity index (χ4v) is 3.18. The number of carbonyl (C=O) groups excluding carboxylic acids is 2. The van der Waals surface area contributed by atoms with E-state index in [4.69, 9.17) is 9.47 Å². The number of hydrogen-bond donors (Lipinski definition) is 0. The summed E-state index contributed by atoms with van der Waals surface area (Å²) in [4.78, 5) is 23.0. The minimum atomic E-state index is -0.572. The second-order valence-corrected chi connectivity index (χ2v) is 6.76. The number of hydrogen-bond acceptors (Lipinski definition) is 4. The van der Waals surface area contributed by atoms with E-state index in [0.717, 1.165) is 20.1 Å². The SMILES string of the molecule is Cc1cc(Br)cc(C)c1OCC(=O)Oc1ccc(Br)cc1C=O. The van der Waals surface area contributed by atoms with E-state index in [1.54, 1.807) is 18.2 Å². The van der Waals surface area contributed by atoms with Crippen LogP contribution in [0, 0.1) is 13.8 Å². The number of aldehydes is 1. The third-order valence-electron chi connectivity index (χ3n) is 3.08. The van der Waals surface area contributed by atoms with Gasteiger partial charge in [0.25, 0.3) is 0 Å². The molecule has 6 heteroatoms. The van der Waals surface area contributed by atoms with E-state index in [-0.39, 0.29) is 12.4 Å². The fourth-order valence-electron chi connectivity index (χ4n) is 2.11. The Hall–Kier alpha value is -1.66. The van der Waals surface area contributed by atoms with Gasteiger partial charge in [0.15, 0.2) is 12.9 Å². The lowest BCUT2D eigenvalue weighted by Crippen LogP contribution is -2.19. The van der Waals surface area contributed by atoms with Crippen LogP contribution in [0.15, 0.2) is 39.3 Å². The van der Waals surface area contributed by atoms with Crippen molar-refractivity contribution >= 4 is 44.1 Å². The summed E-state index contributed by atoms with van der Waals surface area (Å²) in [5.41, 5.74) is 2.13. The van der Waals surface area contributed by atoms with Crippen molar-refractivity contribution in [1.82, 2.24) is 0 Å². The van der Waals surface area contributed by atoms with E-state index in [1.807, 2.05) is 26.0 Å². The largest absolute Gasteiger partial charge is 0.481 e. The molecule has 0 bridgehead atoms. The Labute approximate surface area is 151 Å². The Morgan fingerprint density at radius 1 is 1.09 bits per heavy atom. The molecule has 0 aliphatic heterocycles. The highest BCUT2D eigenvalue weighted by Gasteiger charge is 2.12. The molecular weight excluding hydrogens is 428 g/mol. The van der Waals surface area contributed by atoms with Crippen LogP contribution in [-0.4, -0.2) is 18.9 Å². The van der Waals surface area contributed by atoms with Crippen LogP contribution in [-0.2, 0) is 4.79 Å². The van der Waals surface area contributed by atoms with E-state index in [9.17, 15) is 9.59 Å². The van der Waals surface area contributed by atoms with Gasteiger partial charge in [-0.3, -0.25) is 4.79 Å². The Morgan fingerprint density at radius 2 is 1.74 bits per heavy atom. The average molecular weight is 442 g/mol. The molecule has 0 fully saturated rings. The molecule has 0 atom stereocenters. The van der Waals surface area contributed by atoms with E-state index in [2.05, 4.69) is 31.9 Å². The summed E-state index contributed by atoms with van der Waals surface area (Å²) in [6, 6.07) is 8.65. The van der Waals surface area contributed by atoms with Crippen LogP contribution in [0.4, 0.5) is 0 Å². The molecule has 0 radical (unpaired) electrons. The predicted octanol–water partition coefficient (Wildman–Crippen LogP) is 4.63. The molecule has 4 nitrogen and oxygen atoms in total. The highest BCUT2D eigenvalue weighted by Crippen LogP contribution is 2.27. The molecule has 0 heterocycles. The van der Waals surface area contributed by atoms with Gasteiger partial charge in [-0.1, -0.05) is 31.9 Å². The number of rotatable bonds is 5. The molecule has 2 rings (SSSR count). The second kappa shape index (κ2) is 7.75. The molecule has 0 N–H and O–H groups in total. The highest BCUT2D eigenvalue weighted by atomic mass is 79.9. The Balaban J connectivity index is 2.05. The summed E-state index contributed by atoms with van der Waals surface area (Å²) >= 11 is 6.67. The summed E-state index contributed by atoms with van der Waals surface area (Å²) in [6.07, 6.45) is 0.636. The van der Waals surface area contributed by atoms with Gasteiger partial charge in [-0.25, -0.2) is 4.79 Å². The molecule has 0 saturated heterocycles. The number of esters is 1. The zero-order chi connectivity index (χ0) is 17.0. The first-order valence-corrected chi connectivity index (χ1v) is 8.34. The van der Waals surface area contributed by atoms with Gasteiger partial charge < -0.3 is 9.47 Å². The van der Waals surface area contributed by atoms with Gasteiger partial charge >= 0.3 is 5.97 Å². The van der Waals surface area contributed by atoms with Gasteiger partial charge in [0.05, 0.1) is 5.56 Å². The number of benzene rings is 2. The van der Waals surface area contributed by atoms with Crippen LogP contribution in [0.5, 0.6) is 11.5 Å². The molecule has 2 aromatic rings. The van der Waals surface area contributed by atoms with Crippen molar-refractivity contribution in [1.29, 1.82) is 0 Å². The fraction of sp³-hybridized carbons (Fsp3) is 0.176. The van der Waals surface area contributed by atoms with Crippen LogP contribution < -0.4 is 9.47 Å². The molecule has 2 aromatic carbocycles. The first-order chi connectivity index (χ1) is 10.9. The van der Waals surface area contributed by atoms with Gasteiger partial charge in [0.2, 0.25) is 0 Å². The minimum Gasteiger partial charge on any atom is -0.481 e. The molecule has 0 aliphatic carbocycles. The predicted molar refractivity (Wildman–Crippen MR) is 94.3 cm³/mol. The molecule has 0 unspecified atom stereocenters. The lowest BCUT2D eigenvalue weighted by atomic mass is 10.1. The molecule has 120 valence electrons. The van der Waals surface area contributed by atoms with Crippen molar-refractivity contribution in [2.24, 2.45) is 0 Å². The van der Waals surface area contributed by atoms with Crippen LogP contribution in [0.1, 0.15) is 21.5 Å². The standard InChI is InChI=1S/C17H14Br2O4/c1-10-5-14(19)6-11(2)17(10)22-9-16(21)23-15-4-3-13(18)7-12(15)8-20/h3-8H,9H2,1-2H3. The maximum Gasteiger partial charge on any atom is 0.349 e. The van der Waals surface area contributed by atoms with Crippen molar-refractivity contribution in [2.45, 2.75) is 13.8 Å². The van der Waals surface area contributed by atoms with E-state index >= 15 is 0 Å². The van der Waals surface area contributed by atoms with Gasteiger partial charge in [-0.05, 0) is 55.3 Å². The summed E-state index contributed by atoms with van der Waals surface area (Å²) < 4.78 is 12.4. The van der Waals surface area contributed by atoms with Gasteiger partial charge in [0, 0.05) is 8.95 Å². The first-order valence-electron chi connectivity index (χ1n) is 6.75. The van der Waals surface area contributed by atoms with Crippen LogP contribution in [0.2, 0.25) is 0 Å². The molecule has 23 heavy (non-hydrogen) atoms. The van der Waals surface area contributed by atoms with Gasteiger partial charge in [0.1, 0.15) is 11.5 Å². The third kappa shape index (κ3) is 4.65. The monoisotopic (exact) mass is 440 g/mol. The number of halogens is 2. The zero-order valence-corrected chi connectivity index (χ0v) is 15.7. The maximum atomic E-state index is 11.9. The normalized spacial score (nSPS) is 10.3. The van der Waals surface area contributed by atoms with E-state index in [0.29, 0.717) is 17.6 Å². The molecule has 0 aliphatic rings. The molecule has 0 amide bonds. The maximum absolute atomic E-state index is 11.9. The van der Waals surface area contributed by atoms with Crippen molar-refractivity contribution in [3.05, 3.63) is 56.0 Å². The van der Waals surface area contributed by atoms with E-state index in [1.165, 1.54) is 0 Å². The third-order valence-corrected chi connectivity index (χ3v) is 4.03. The average Bonchev–Trinajstić information content (AvgIpc) is 2.47. The smallest absolute Gasteiger partial charge is 0.349 e. The Bertz CT molecular complexity index is 733. The van der Waals surface area contributed by atoms with Gasteiger partial charge in [-0.15, -0.1) is 0 Å². The lowest BCUT2D eigenvalue weighted by molar-refractivity contribution is -0.136. The van der Waals surface area contributed by atoms with Crippen molar-refractivity contribution in [3.63, 3.8) is 0 Å². The number of ether oxygens (including phenoxy) is 2. The van der Waals surface area contributed by atoms with Crippen LogP contribution >= 0.6 is 31.9 Å². The summed E-state index contributed by atoms with van der Waals surface area (Å²) in [6.45, 7) is 3.56. The second-order valence-electron chi connectivity index (χ2n) is 4.93. The van der Waals surface area contributed by atoms with Crippen molar-refractivity contribution in [3.8, 4) is 11.5 Å². The summed E-state index contributed by atoms with van der Waals surface area (Å²) in [5, 5.41) is 0. The van der Waals surface area contributed by atoms with Gasteiger partial charge in [-0.2, -0.15) is 0 Å². The summed E-state index contributed by atoms with van der Waals surface area (Å²) in [5.74, 6) is 0.287. The number of aryl methyl sites for hydroxylation is 2. The molecule has 0 aromatic heterocycles. The summed E-state index contributed by atoms with van der Waals surface area (Å²) in [7, 11) is 0. The van der Waals surface area contributed by atoms with Crippen molar-refractivity contribution < 1.29 is 19.1 Å². The minimum absolute atomic E-state index is 0.209. The topological polar surface area (TPSA) is 52.6 Å². The number of carbonyl (C=O) groups is 2. The molecule has 0 spiro atoms. The van der Waals surface area contributed by atoms with Crippen LogP contribution in [0.25, 0.3) is 0 Å². The lowest BCUT2D eigenvalue weighted by Gasteiger charge is -2.12. The first kappa shape index (κ1) is 17.7. The van der Waals surface area contributed by atoms with Crippen LogP contribution in [0.3, 0.4) is 0 Å².